The van der Waals surface area contributed by atoms with Crippen LogP contribution in [0.4, 0.5) is 10.1 Å². The van der Waals surface area contributed by atoms with Crippen LogP contribution in [0.5, 0.6) is 0 Å². The Morgan fingerprint density at radius 1 is 1.29 bits per heavy atom. The van der Waals surface area contributed by atoms with Crippen LogP contribution in [0.3, 0.4) is 0 Å². The summed E-state index contributed by atoms with van der Waals surface area (Å²) in [6.45, 7) is 2.74. The summed E-state index contributed by atoms with van der Waals surface area (Å²) >= 11 is 1.85. The third-order valence-electron chi connectivity index (χ3n) is 4.35. The number of thiophene rings is 1. The molecule has 1 saturated carbocycles. The molecular weight excluding hydrogens is 283 g/mol. The summed E-state index contributed by atoms with van der Waals surface area (Å²) in [6, 6.07) is 8.08. The number of hydrogen-bond acceptors (Lipinski definition) is 3. The van der Waals surface area contributed by atoms with Crippen molar-refractivity contribution in [2.45, 2.75) is 38.4 Å². The Kier molecular flexibility index (Phi) is 3.43. The third-order valence-corrected chi connectivity index (χ3v) is 5.37. The van der Waals surface area contributed by atoms with Gasteiger partial charge in [0.15, 0.2) is 0 Å². The highest BCUT2D eigenvalue weighted by Crippen LogP contribution is 2.30. The van der Waals surface area contributed by atoms with Gasteiger partial charge in [-0.05, 0) is 60.0 Å². The highest BCUT2D eigenvalue weighted by Gasteiger charge is 2.23. The fourth-order valence-electron chi connectivity index (χ4n) is 3.00. The van der Waals surface area contributed by atoms with E-state index < -0.39 is 0 Å². The molecule has 2 aliphatic rings. The molecule has 21 heavy (non-hydrogen) atoms. The van der Waals surface area contributed by atoms with Crippen LogP contribution >= 0.6 is 11.3 Å². The molecule has 0 unspecified atom stereocenters. The number of hydrogen-bond donors (Lipinski definition) is 1. The van der Waals surface area contributed by atoms with E-state index in [1.165, 1.54) is 29.0 Å². The molecule has 1 fully saturated rings. The number of anilines is 1. The van der Waals surface area contributed by atoms with Gasteiger partial charge >= 0.3 is 0 Å². The normalized spacial score (nSPS) is 17.9. The van der Waals surface area contributed by atoms with E-state index >= 15 is 0 Å². The maximum Gasteiger partial charge on any atom is 0.123 e. The van der Waals surface area contributed by atoms with Crippen molar-refractivity contribution >= 4 is 17.0 Å². The van der Waals surface area contributed by atoms with E-state index in [1.54, 1.807) is 12.1 Å². The molecule has 0 saturated heterocycles. The van der Waals surface area contributed by atoms with Crippen LogP contribution in [0, 0.1) is 5.82 Å². The standard InChI is InChI=1S/C17H19FN2S/c18-14-1-4-16(13(9-14)10-19-15-2-3-15)20-7-5-17-12(11-20)6-8-21-17/h1,4,6,8-9,15,19H,2-3,5,7,10-11H2. The summed E-state index contributed by atoms with van der Waals surface area (Å²) in [5, 5.41) is 5.68. The van der Waals surface area contributed by atoms with Gasteiger partial charge in [-0.25, -0.2) is 4.39 Å². The predicted octanol–water partition coefficient (Wildman–Crippen LogP) is 3.70. The van der Waals surface area contributed by atoms with E-state index in [2.05, 4.69) is 21.7 Å². The van der Waals surface area contributed by atoms with E-state index in [0.29, 0.717) is 6.04 Å². The Morgan fingerprint density at radius 2 is 2.19 bits per heavy atom. The summed E-state index contributed by atoms with van der Waals surface area (Å²) in [4.78, 5) is 3.89. The van der Waals surface area contributed by atoms with Gasteiger partial charge in [-0.15, -0.1) is 11.3 Å². The average molecular weight is 302 g/mol. The van der Waals surface area contributed by atoms with Crippen LogP contribution in [-0.4, -0.2) is 12.6 Å². The molecule has 110 valence electrons. The van der Waals surface area contributed by atoms with Gasteiger partial charge in [-0.1, -0.05) is 0 Å². The van der Waals surface area contributed by atoms with E-state index in [9.17, 15) is 4.39 Å². The lowest BCUT2D eigenvalue weighted by atomic mass is 10.1. The monoisotopic (exact) mass is 302 g/mol. The molecule has 4 heteroatoms. The second-order valence-corrected chi connectivity index (χ2v) is 6.97. The Hall–Kier alpha value is -1.39. The molecule has 2 nitrogen and oxygen atoms in total. The number of halogens is 1. The number of nitrogens with one attached hydrogen (secondary N) is 1. The highest BCUT2D eigenvalue weighted by molar-refractivity contribution is 7.10. The topological polar surface area (TPSA) is 15.3 Å². The van der Waals surface area contributed by atoms with Crippen LogP contribution < -0.4 is 10.2 Å². The van der Waals surface area contributed by atoms with E-state index in [-0.39, 0.29) is 5.82 Å². The first-order valence-electron chi connectivity index (χ1n) is 7.61. The Balaban J connectivity index is 1.58. The number of rotatable bonds is 4. The van der Waals surface area contributed by atoms with Crippen molar-refractivity contribution < 1.29 is 4.39 Å². The lowest BCUT2D eigenvalue weighted by molar-refractivity contribution is 0.617. The second-order valence-electron chi connectivity index (χ2n) is 5.97. The minimum atomic E-state index is -0.139. The van der Waals surface area contributed by atoms with Crippen LogP contribution in [-0.2, 0) is 19.5 Å². The zero-order chi connectivity index (χ0) is 14.2. The Morgan fingerprint density at radius 3 is 3.05 bits per heavy atom. The molecule has 0 spiro atoms. The van der Waals surface area contributed by atoms with Crippen molar-refractivity contribution in [3.05, 3.63) is 51.5 Å². The molecule has 1 aromatic heterocycles. The van der Waals surface area contributed by atoms with E-state index in [4.69, 9.17) is 0 Å². The van der Waals surface area contributed by atoms with Gasteiger partial charge in [0, 0.05) is 36.2 Å². The molecule has 4 rings (SSSR count). The van der Waals surface area contributed by atoms with Gasteiger partial charge < -0.3 is 10.2 Å². The van der Waals surface area contributed by atoms with Gasteiger partial charge in [-0.3, -0.25) is 0 Å². The average Bonchev–Trinajstić information content (AvgIpc) is 3.20. The Bertz CT molecular complexity index is 648. The molecule has 0 amide bonds. The van der Waals surface area contributed by atoms with Gasteiger partial charge in [-0.2, -0.15) is 0 Å². The fraction of sp³-hybridized carbons (Fsp3) is 0.412. The zero-order valence-electron chi connectivity index (χ0n) is 11.9. The summed E-state index contributed by atoms with van der Waals surface area (Å²) in [7, 11) is 0. The largest absolute Gasteiger partial charge is 0.367 e. The quantitative estimate of drug-likeness (QED) is 0.926. The molecule has 1 aliphatic carbocycles. The number of nitrogens with zero attached hydrogens (tertiary/aromatic N) is 1. The summed E-state index contributed by atoms with van der Waals surface area (Å²) < 4.78 is 13.6. The van der Waals surface area contributed by atoms with Gasteiger partial charge in [0.25, 0.3) is 0 Å². The van der Waals surface area contributed by atoms with E-state index in [0.717, 1.165) is 31.6 Å². The van der Waals surface area contributed by atoms with Crippen LogP contribution in [0.1, 0.15) is 28.8 Å². The molecular formula is C17H19FN2S. The number of benzene rings is 1. The predicted molar refractivity (Wildman–Crippen MR) is 85.3 cm³/mol. The van der Waals surface area contributed by atoms with Crippen molar-refractivity contribution in [3.63, 3.8) is 0 Å². The van der Waals surface area contributed by atoms with E-state index in [1.807, 2.05) is 17.4 Å². The summed E-state index contributed by atoms with van der Waals surface area (Å²) in [5.41, 5.74) is 3.69. The summed E-state index contributed by atoms with van der Waals surface area (Å²) in [5.74, 6) is -0.139. The molecule has 0 bridgehead atoms. The lowest BCUT2D eigenvalue weighted by Gasteiger charge is -2.31. The van der Waals surface area contributed by atoms with Crippen molar-refractivity contribution in [1.82, 2.24) is 5.32 Å². The molecule has 1 aliphatic heterocycles. The Labute approximate surface area is 128 Å². The highest BCUT2D eigenvalue weighted by atomic mass is 32.1. The van der Waals surface area contributed by atoms with Crippen LogP contribution in [0.15, 0.2) is 29.6 Å². The zero-order valence-corrected chi connectivity index (χ0v) is 12.8. The molecule has 2 heterocycles. The second kappa shape index (κ2) is 5.43. The molecule has 0 radical (unpaired) electrons. The fourth-order valence-corrected chi connectivity index (χ4v) is 3.89. The van der Waals surface area contributed by atoms with Gasteiger partial charge in [0.1, 0.15) is 5.82 Å². The minimum Gasteiger partial charge on any atom is -0.367 e. The lowest BCUT2D eigenvalue weighted by Crippen LogP contribution is -2.31. The van der Waals surface area contributed by atoms with Gasteiger partial charge in [0.05, 0.1) is 0 Å². The van der Waals surface area contributed by atoms with Crippen molar-refractivity contribution in [1.29, 1.82) is 0 Å². The molecule has 2 aromatic rings. The summed E-state index contributed by atoms with van der Waals surface area (Å²) in [6.07, 6.45) is 3.61. The van der Waals surface area contributed by atoms with Gasteiger partial charge in [0.2, 0.25) is 0 Å². The number of fused-ring (bicyclic) bond motifs is 1. The first-order valence-corrected chi connectivity index (χ1v) is 8.49. The minimum absolute atomic E-state index is 0.139. The maximum atomic E-state index is 13.6. The SMILES string of the molecule is Fc1ccc(N2CCc3sccc3C2)c(CNC2CC2)c1. The first-order chi connectivity index (χ1) is 10.3. The molecule has 0 atom stereocenters. The smallest absolute Gasteiger partial charge is 0.123 e. The van der Waals surface area contributed by atoms with Crippen LogP contribution in [0.25, 0.3) is 0 Å². The third kappa shape index (κ3) is 2.83. The van der Waals surface area contributed by atoms with Crippen molar-refractivity contribution in [2.75, 3.05) is 11.4 Å². The van der Waals surface area contributed by atoms with Crippen LogP contribution in [0.2, 0.25) is 0 Å². The van der Waals surface area contributed by atoms with Crippen molar-refractivity contribution in [3.8, 4) is 0 Å². The maximum absolute atomic E-state index is 13.6. The molecule has 1 N–H and O–H groups in total. The molecule has 1 aromatic carbocycles. The van der Waals surface area contributed by atoms with Crippen molar-refractivity contribution in [2.24, 2.45) is 0 Å². The first kappa shape index (κ1) is 13.3.